The lowest BCUT2D eigenvalue weighted by Crippen LogP contribution is -2.08. The molecule has 2 atom stereocenters. The third-order valence-corrected chi connectivity index (χ3v) is 7.03. The standard InChI is InChI=1S/C10H12N2OS.C9H11N3S2/c11-10-12-8(6-14-10)5-7-1-3-9(13)4-2-7;10-9-12-7(6-14-9)5-13-8-1-3-11-4-2-8/h1-4,8,13H,5-6H2,(H2,11,12);1-4,7H,5-6H2,(H2,10,12). The minimum atomic E-state index is 0.296. The van der Waals surface area contributed by atoms with E-state index in [1.807, 2.05) is 36.7 Å². The van der Waals surface area contributed by atoms with Crippen molar-refractivity contribution in [3.8, 4) is 5.75 Å². The highest BCUT2D eigenvalue weighted by Gasteiger charge is 2.16. The van der Waals surface area contributed by atoms with Crippen LogP contribution in [0.4, 0.5) is 0 Å². The molecule has 5 N–H and O–H groups in total. The average Bonchev–Trinajstić information content (AvgIpc) is 3.31. The van der Waals surface area contributed by atoms with Crippen LogP contribution in [0.1, 0.15) is 5.56 Å². The molecule has 0 saturated heterocycles. The van der Waals surface area contributed by atoms with E-state index in [1.165, 1.54) is 10.5 Å². The van der Waals surface area contributed by atoms with Gasteiger partial charge in [-0.2, -0.15) is 0 Å². The Labute approximate surface area is 177 Å². The summed E-state index contributed by atoms with van der Waals surface area (Å²) in [6, 6.07) is 11.9. The zero-order chi connectivity index (χ0) is 19.8. The van der Waals surface area contributed by atoms with Crippen LogP contribution in [0.15, 0.2) is 63.7 Å². The van der Waals surface area contributed by atoms with Gasteiger partial charge in [-0.3, -0.25) is 15.0 Å². The van der Waals surface area contributed by atoms with Gasteiger partial charge >= 0.3 is 0 Å². The first-order valence-corrected chi connectivity index (χ1v) is 11.8. The van der Waals surface area contributed by atoms with Gasteiger partial charge in [0, 0.05) is 34.5 Å². The molecule has 28 heavy (non-hydrogen) atoms. The summed E-state index contributed by atoms with van der Waals surface area (Å²) in [6.07, 6.45) is 4.51. The van der Waals surface area contributed by atoms with Gasteiger partial charge in [0.1, 0.15) is 5.75 Å². The summed E-state index contributed by atoms with van der Waals surface area (Å²) in [5.74, 6) is 3.28. The normalized spacial score (nSPS) is 20.9. The number of phenolic OH excluding ortho intramolecular Hbond substituents is 1. The predicted molar refractivity (Wildman–Crippen MR) is 123 cm³/mol. The maximum Gasteiger partial charge on any atom is 0.154 e. The zero-order valence-electron chi connectivity index (χ0n) is 15.3. The monoisotopic (exact) mass is 433 g/mol. The molecule has 0 bridgehead atoms. The van der Waals surface area contributed by atoms with Gasteiger partial charge in [-0.05, 0) is 36.2 Å². The van der Waals surface area contributed by atoms with E-state index in [-0.39, 0.29) is 0 Å². The molecule has 2 aliphatic rings. The lowest BCUT2D eigenvalue weighted by molar-refractivity contribution is 0.475. The van der Waals surface area contributed by atoms with E-state index < -0.39 is 0 Å². The summed E-state index contributed by atoms with van der Waals surface area (Å²) in [4.78, 5) is 13.8. The van der Waals surface area contributed by atoms with Gasteiger partial charge in [0.2, 0.25) is 0 Å². The maximum absolute atomic E-state index is 9.11. The van der Waals surface area contributed by atoms with Gasteiger partial charge in [0.15, 0.2) is 10.3 Å². The second-order valence-corrected chi connectivity index (χ2v) is 9.40. The van der Waals surface area contributed by atoms with Crippen molar-refractivity contribution in [2.75, 3.05) is 17.3 Å². The van der Waals surface area contributed by atoms with Crippen molar-refractivity contribution >= 4 is 45.6 Å². The summed E-state index contributed by atoms with van der Waals surface area (Å²) in [7, 11) is 0. The number of pyridine rings is 1. The van der Waals surface area contributed by atoms with E-state index in [0.29, 0.717) is 23.0 Å². The first-order chi connectivity index (χ1) is 13.6. The molecule has 0 spiro atoms. The minimum absolute atomic E-state index is 0.296. The van der Waals surface area contributed by atoms with E-state index in [1.54, 1.807) is 47.4 Å². The van der Waals surface area contributed by atoms with Crippen molar-refractivity contribution in [1.29, 1.82) is 0 Å². The molecule has 1 aromatic heterocycles. The molecular weight excluding hydrogens is 410 g/mol. The number of phenols is 1. The second-order valence-electron chi connectivity index (χ2n) is 6.23. The highest BCUT2D eigenvalue weighted by Crippen LogP contribution is 2.23. The molecule has 3 heterocycles. The molecule has 2 aliphatic heterocycles. The Morgan fingerprint density at radius 1 is 0.929 bits per heavy atom. The first kappa shape index (κ1) is 20.9. The second kappa shape index (κ2) is 10.6. The molecule has 148 valence electrons. The number of thioether (sulfide) groups is 3. The van der Waals surface area contributed by atoms with Crippen molar-refractivity contribution in [2.24, 2.45) is 21.5 Å². The van der Waals surface area contributed by atoms with Crippen molar-refractivity contribution < 1.29 is 5.11 Å². The molecule has 4 rings (SSSR count). The van der Waals surface area contributed by atoms with Crippen LogP contribution in [-0.4, -0.2) is 49.8 Å². The summed E-state index contributed by atoms with van der Waals surface area (Å²) in [6.45, 7) is 0. The molecule has 2 aromatic rings. The minimum Gasteiger partial charge on any atom is -0.508 e. The van der Waals surface area contributed by atoms with Gasteiger partial charge < -0.3 is 16.6 Å². The van der Waals surface area contributed by atoms with Crippen molar-refractivity contribution in [3.63, 3.8) is 0 Å². The Balaban J connectivity index is 0.000000161. The van der Waals surface area contributed by atoms with Crippen molar-refractivity contribution in [3.05, 3.63) is 54.4 Å². The number of nitrogens with two attached hydrogens (primary N) is 2. The molecule has 0 radical (unpaired) electrons. The first-order valence-electron chi connectivity index (χ1n) is 8.81. The van der Waals surface area contributed by atoms with E-state index >= 15 is 0 Å². The topological polar surface area (TPSA) is 110 Å². The molecule has 0 amide bonds. The molecular formula is C19H23N5OS3. The van der Waals surface area contributed by atoms with E-state index in [2.05, 4.69) is 15.0 Å². The Hall–Kier alpha value is -1.84. The fourth-order valence-electron chi connectivity index (χ4n) is 2.59. The van der Waals surface area contributed by atoms with Gasteiger partial charge in [0.05, 0.1) is 12.1 Å². The third kappa shape index (κ3) is 6.96. The third-order valence-electron chi connectivity index (χ3n) is 3.97. The highest BCUT2D eigenvalue weighted by atomic mass is 32.2. The van der Waals surface area contributed by atoms with Crippen LogP contribution in [0.2, 0.25) is 0 Å². The zero-order valence-corrected chi connectivity index (χ0v) is 17.7. The molecule has 6 nitrogen and oxygen atoms in total. The molecule has 0 saturated carbocycles. The smallest absolute Gasteiger partial charge is 0.154 e. The van der Waals surface area contributed by atoms with Crippen molar-refractivity contribution in [2.45, 2.75) is 23.4 Å². The molecule has 9 heteroatoms. The average molecular weight is 434 g/mol. The molecule has 1 aromatic carbocycles. The molecule has 0 aliphatic carbocycles. The Morgan fingerprint density at radius 2 is 1.54 bits per heavy atom. The van der Waals surface area contributed by atoms with Crippen molar-refractivity contribution in [1.82, 2.24) is 4.98 Å². The summed E-state index contributed by atoms with van der Waals surface area (Å²) in [5.41, 5.74) is 12.4. The summed E-state index contributed by atoms with van der Waals surface area (Å²) >= 11 is 5.05. The number of rotatable bonds is 5. The largest absolute Gasteiger partial charge is 0.508 e. The Bertz CT molecular complexity index is 814. The van der Waals surface area contributed by atoms with Crippen LogP contribution in [0.3, 0.4) is 0 Å². The quantitative estimate of drug-likeness (QED) is 0.622. The molecule has 0 fully saturated rings. The number of nitrogens with zero attached hydrogens (tertiary/aromatic N) is 3. The summed E-state index contributed by atoms with van der Waals surface area (Å²) < 4.78 is 0. The Morgan fingerprint density at radius 3 is 2.11 bits per heavy atom. The van der Waals surface area contributed by atoms with Gasteiger partial charge in [-0.15, -0.1) is 11.8 Å². The van der Waals surface area contributed by atoms with Gasteiger partial charge in [0.25, 0.3) is 0 Å². The lowest BCUT2D eigenvalue weighted by atomic mass is 10.1. The fraction of sp³-hybridized carbons (Fsp3) is 0.316. The number of hydrogen-bond donors (Lipinski definition) is 3. The predicted octanol–water partition coefficient (Wildman–Crippen LogP) is 2.97. The van der Waals surface area contributed by atoms with Crippen LogP contribution < -0.4 is 11.5 Å². The van der Waals surface area contributed by atoms with Gasteiger partial charge in [-0.1, -0.05) is 35.7 Å². The van der Waals surface area contributed by atoms with E-state index in [4.69, 9.17) is 16.6 Å². The van der Waals surface area contributed by atoms with E-state index in [9.17, 15) is 0 Å². The van der Waals surface area contributed by atoms with Crippen LogP contribution >= 0.6 is 35.3 Å². The number of aromatic nitrogens is 1. The fourth-order valence-corrected chi connectivity index (χ4v) is 5.19. The summed E-state index contributed by atoms with van der Waals surface area (Å²) in [5, 5.41) is 10.5. The van der Waals surface area contributed by atoms with Crippen LogP contribution in [0.5, 0.6) is 5.75 Å². The van der Waals surface area contributed by atoms with Crippen LogP contribution in [0.25, 0.3) is 0 Å². The number of aromatic hydroxyl groups is 1. The number of hydrogen-bond acceptors (Lipinski definition) is 9. The lowest BCUT2D eigenvalue weighted by Gasteiger charge is -2.05. The number of aliphatic imine (C=N–C) groups is 2. The van der Waals surface area contributed by atoms with Crippen LogP contribution in [-0.2, 0) is 6.42 Å². The van der Waals surface area contributed by atoms with E-state index in [0.717, 1.165) is 28.8 Å². The number of amidine groups is 2. The van der Waals surface area contributed by atoms with Gasteiger partial charge in [-0.25, -0.2) is 0 Å². The molecule has 2 unspecified atom stereocenters. The number of benzene rings is 1. The highest BCUT2D eigenvalue weighted by molar-refractivity contribution is 8.14. The SMILES string of the molecule is NC1=NC(CSc2ccncc2)CS1.NC1=NC(Cc2ccc(O)cc2)CS1. The maximum atomic E-state index is 9.11. The Kier molecular flexibility index (Phi) is 7.93. The van der Waals surface area contributed by atoms with Crippen LogP contribution in [0, 0.1) is 0 Å².